The van der Waals surface area contributed by atoms with Crippen molar-refractivity contribution in [2.75, 3.05) is 33.2 Å². The molecule has 0 aromatic heterocycles. The van der Waals surface area contributed by atoms with Crippen molar-refractivity contribution in [1.29, 1.82) is 0 Å². The number of likely N-dealkylation sites (N-methyl/N-ethyl adjacent to an activating group) is 1. The molecular weight excluding hydrogens is 238 g/mol. The summed E-state index contributed by atoms with van der Waals surface area (Å²) < 4.78 is 0. The average Bonchev–Trinajstić information content (AvgIpc) is 2.60. The Morgan fingerprint density at radius 3 is 2.79 bits per heavy atom. The van der Waals surface area contributed by atoms with Gasteiger partial charge in [0.25, 0.3) is 0 Å². The van der Waals surface area contributed by atoms with E-state index in [1.165, 1.54) is 45.3 Å². The molecule has 0 bridgehead atoms. The monoisotopic (exact) mass is 267 g/mol. The van der Waals surface area contributed by atoms with E-state index in [9.17, 15) is 4.79 Å². The van der Waals surface area contributed by atoms with Crippen LogP contribution in [0.5, 0.6) is 0 Å². The van der Waals surface area contributed by atoms with Gasteiger partial charge in [-0.1, -0.05) is 6.92 Å². The van der Waals surface area contributed by atoms with Gasteiger partial charge in [0.15, 0.2) is 0 Å². The second-order valence-corrected chi connectivity index (χ2v) is 6.15. The zero-order valence-corrected chi connectivity index (χ0v) is 12.5. The molecule has 2 rings (SSSR count). The third kappa shape index (κ3) is 4.46. The van der Waals surface area contributed by atoms with Crippen molar-refractivity contribution in [1.82, 2.24) is 15.1 Å². The molecule has 1 N–H and O–H groups in total. The zero-order chi connectivity index (χ0) is 13.7. The van der Waals surface area contributed by atoms with E-state index in [1.54, 1.807) is 0 Å². The van der Waals surface area contributed by atoms with Crippen LogP contribution in [0.25, 0.3) is 0 Å². The van der Waals surface area contributed by atoms with Crippen LogP contribution in [0.2, 0.25) is 0 Å². The van der Waals surface area contributed by atoms with Crippen LogP contribution in [-0.4, -0.2) is 61.0 Å². The van der Waals surface area contributed by atoms with Crippen molar-refractivity contribution in [2.45, 2.75) is 57.5 Å². The highest BCUT2D eigenvalue weighted by molar-refractivity contribution is 5.76. The summed E-state index contributed by atoms with van der Waals surface area (Å²) in [6.45, 7) is 6.87. The lowest BCUT2D eigenvalue weighted by molar-refractivity contribution is -0.132. The van der Waals surface area contributed by atoms with Crippen molar-refractivity contribution < 1.29 is 4.79 Å². The summed E-state index contributed by atoms with van der Waals surface area (Å²) in [6.07, 6.45) is 6.83. The standard InChI is InChI=1S/C15H29N3O/c1-3-9-18-10-4-5-13(8-11-18)16-14-6-7-15(19)17(2)12-14/h13-14,16H,3-12H2,1-2H3. The van der Waals surface area contributed by atoms with Crippen LogP contribution in [0.4, 0.5) is 0 Å². The van der Waals surface area contributed by atoms with Crippen molar-refractivity contribution >= 4 is 5.91 Å². The molecule has 0 aromatic rings. The molecule has 2 aliphatic heterocycles. The van der Waals surface area contributed by atoms with Gasteiger partial charge in [-0.05, 0) is 51.7 Å². The van der Waals surface area contributed by atoms with E-state index >= 15 is 0 Å². The van der Waals surface area contributed by atoms with Gasteiger partial charge in [0.2, 0.25) is 5.91 Å². The Balaban J connectivity index is 1.75. The summed E-state index contributed by atoms with van der Waals surface area (Å²) in [4.78, 5) is 16.0. The molecule has 0 radical (unpaired) electrons. The summed E-state index contributed by atoms with van der Waals surface area (Å²) >= 11 is 0. The van der Waals surface area contributed by atoms with Crippen LogP contribution < -0.4 is 5.32 Å². The van der Waals surface area contributed by atoms with Gasteiger partial charge in [-0.2, -0.15) is 0 Å². The number of rotatable bonds is 4. The predicted molar refractivity (Wildman–Crippen MR) is 78.2 cm³/mol. The molecule has 2 atom stereocenters. The molecule has 0 saturated carbocycles. The third-order valence-electron chi connectivity index (χ3n) is 4.46. The number of hydrogen-bond acceptors (Lipinski definition) is 3. The molecule has 0 aromatic carbocycles. The number of nitrogens with zero attached hydrogens (tertiary/aromatic N) is 2. The molecule has 0 spiro atoms. The summed E-state index contributed by atoms with van der Waals surface area (Å²) in [5.41, 5.74) is 0. The highest BCUT2D eigenvalue weighted by Crippen LogP contribution is 2.15. The van der Waals surface area contributed by atoms with E-state index in [0.717, 1.165) is 13.0 Å². The van der Waals surface area contributed by atoms with Crippen molar-refractivity contribution in [3.63, 3.8) is 0 Å². The lowest BCUT2D eigenvalue weighted by Gasteiger charge is -2.33. The lowest BCUT2D eigenvalue weighted by atomic mass is 10.0. The van der Waals surface area contributed by atoms with Gasteiger partial charge < -0.3 is 15.1 Å². The summed E-state index contributed by atoms with van der Waals surface area (Å²) in [5.74, 6) is 0.299. The Morgan fingerprint density at radius 1 is 1.21 bits per heavy atom. The molecule has 2 fully saturated rings. The van der Waals surface area contributed by atoms with Crippen LogP contribution in [0.3, 0.4) is 0 Å². The maximum absolute atomic E-state index is 11.5. The average molecular weight is 267 g/mol. The minimum atomic E-state index is 0.299. The number of piperidine rings is 1. The van der Waals surface area contributed by atoms with Gasteiger partial charge >= 0.3 is 0 Å². The Labute approximate surface area is 117 Å². The highest BCUT2D eigenvalue weighted by atomic mass is 16.2. The first-order valence-electron chi connectivity index (χ1n) is 7.91. The topological polar surface area (TPSA) is 35.6 Å². The second-order valence-electron chi connectivity index (χ2n) is 6.15. The van der Waals surface area contributed by atoms with Gasteiger partial charge in [0, 0.05) is 32.1 Å². The molecule has 4 nitrogen and oxygen atoms in total. The lowest BCUT2D eigenvalue weighted by Crippen LogP contribution is -2.49. The number of likely N-dealkylation sites (tertiary alicyclic amines) is 2. The van der Waals surface area contributed by atoms with Gasteiger partial charge in [-0.25, -0.2) is 0 Å². The Morgan fingerprint density at radius 2 is 2.05 bits per heavy atom. The Bertz CT molecular complexity index is 295. The fourth-order valence-corrected chi connectivity index (χ4v) is 3.34. The quantitative estimate of drug-likeness (QED) is 0.837. The molecule has 2 heterocycles. The third-order valence-corrected chi connectivity index (χ3v) is 4.46. The summed E-state index contributed by atoms with van der Waals surface area (Å²) in [5, 5.41) is 3.79. The number of nitrogens with one attached hydrogen (secondary N) is 1. The molecule has 2 unspecified atom stereocenters. The van der Waals surface area contributed by atoms with E-state index in [1.807, 2.05) is 11.9 Å². The minimum Gasteiger partial charge on any atom is -0.344 e. The molecule has 4 heteroatoms. The highest BCUT2D eigenvalue weighted by Gasteiger charge is 2.25. The maximum atomic E-state index is 11.5. The summed E-state index contributed by atoms with van der Waals surface area (Å²) in [7, 11) is 1.92. The Kier molecular flexibility index (Phi) is 5.64. The number of carbonyl (C=O) groups is 1. The number of carbonyl (C=O) groups excluding carboxylic acids is 1. The van der Waals surface area contributed by atoms with Crippen molar-refractivity contribution in [3.05, 3.63) is 0 Å². The molecular formula is C15H29N3O. The summed E-state index contributed by atoms with van der Waals surface area (Å²) in [6, 6.07) is 1.15. The Hall–Kier alpha value is -0.610. The van der Waals surface area contributed by atoms with Gasteiger partial charge in [-0.15, -0.1) is 0 Å². The molecule has 110 valence electrons. The van der Waals surface area contributed by atoms with Gasteiger partial charge in [0.05, 0.1) is 0 Å². The minimum absolute atomic E-state index is 0.299. The van der Waals surface area contributed by atoms with Crippen LogP contribution in [0, 0.1) is 0 Å². The van der Waals surface area contributed by atoms with Crippen LogP contribution >= 0.6 is 0 Å². The van der Waals surface area contributed by atoms with Crippen LogP contribution in [-0.2, 0) is 4.79 Å². The fourth-order valence-electron chi connectivity index (χ4n) is 3.34. The van der Waals surface area contributed by atoms with Gasteiger partial charge in [-0.3, -0.25) is 4.79 Å². The van der Waals surface area contributed by atoms with Crippen molar-refractivity contribution in [3.8, 4) is 0 Å². The first-order chi connectivity index (χ1) is 9.19. The van der Waals surface area contributed by atoms with Gasteiger partial charge in [0.1, 0.15) is 0 Å². The normalized spacial score (nSPS) is 30.4. The van der Waals surface area contributed by atoms with Crippen LogP contribution in [0.1, 0.15) is 45.4 Å². The smallest absolute Gasteiger partial charge is 0.222 e. The first kappa shape index (κ1) is 14.8. The number of hydrogen-bond donors (Lipinski definition) is 1. The predicted octanol–water partition coefficient (Wildman–Crippen LogP) is 1.46. The van der Waals surface area contributed by atoms with E-state index < -0.39 is 0 Å². The van der Waals surface area contributed by atoms with E-state index in [4.69, 9.17) is 0 Å². The molecule has 19 heavy (non-hydrogen) atoms. The first-order valence-corrected chi connectivity index (χ1v) is 7.91. The van der Waals surface area contributed by atoms with Crippen LogP contribution in [0.15, 0.2) is 0 Å². The number of amides is 1. The van der Waals surface area contributed by atoms with E-state index in [0.29, 0.717) is 24.4 Å². The maximum Gasteiger partial charge on any atom is 0.222 e. The second kappa shape index (κ2) is 7.25. The molecule has 0 aliphatic carbocycles. The van der Waals surface area contributed by atoms with E-state index in [2.05, 4.69) is 17.1 Å². The fraction of sp³-hybridized carbons (Fsp3) is 0.933. The van der Waals surface area contributed by atoms with E-state index in [-0.39, 0.29) is 0 Å². The molecule has 1 amide bonds. The molecule has 2 aliphatic rings. The molecule has 2 saturated heterocycles. The SMILES string of the molecule is CCCN1CCCC(NC2CCC(=O)N(C)C2)CC1. The zero-order valence-electron chi connectivity index (χ0n) is 12.5. The largest absolute Gasteiger partial charge is 0.344 e. The van der Waals surface area contributed by atoms with Crippen molar-refractivity contribution in [2.24, 2.45) is 0 Å².